The second-order valence-corrected chi connectivity index (χ2v) is 11.7. The van der Waals surface area contributed by atoms with Crippen molar-refractivity contribution in [3.63, 3.8) is 0 Å². The van der Waals surface area contributed by atoms with Crippen LogP contribution in [-0.4, -0.2) is 40.4 Å². The second kappa shape index (κ2) is 12.9. The number of carbonyl (C=O) groups is 2. The number of hydrogen-bond acceptors (Lipinski definition) is 5. The molecule has 2 aromatic heterocycles. The molecule has 0 saturated heterocycles. The first-order valence-corrected chi connectivity index (χ1v) is 15.1. The maximum absolute atomic E-state index is 14.7. The van der Waals surface area contributed by atoms with Crippen molar-refractivity contribution in [2.24, 2.45) is 7.05 Å². The lowest BCUT2D eigenvalue weighted by molar-refractivity contribution is 0.0595. The highest BCUT2D eigenvalue weighted by Gasteiger charge is 2.24. The smallest absolute Gasteiger partial charge is 0.340 e. The van der Waals surface area contributed by atoms with E-state index in [1.807, 2.05) is 59.0 Å². The first-order chi connectivity index (χ1) is 21.4. The molecule has 0 saturated carbocycles. The molecule has 45 heavy (non-hydrogen) atoms. The summed E-state index contributed by atoms with van der Waals surface area (Å²) in [6.45, 7) is 8.14. The van der Waals surface area contributed by atoms with Crippen molar-refractivity contribution in [2.45, 2.75) is 40.5 Å². The molecule has 2 heterocycles. The molecular formula is C34H33Cl2FN4O4. The number of hydrogen-bond donors (Lipinski definition) is 2. The predicted molar refractivity (Wildman–Crippen MR) is 175 cm³/mol. The molecule has 5 rings (SSSR count). The highest BCUT2D eigenvalue weighted by atomic mass is 35.5. The first kappa shape index (κ1) is 32.1. The van der Waals surface area contributed by atoms with Crippen LogP contribution in [0.4, 0.5) is 10.1 Å². The number of aromatic amines is 1. The van der Waals surface area contributed by atoms with Gasteiger partial charge in [-0.15, -0.1) is 0 Å². The van der Waals surface area contributed by atoms with E-state index in [0.717, 1.165) is 56.4 Å². The highest BCUT2D eigenvalue weighted by Crippen LogP contribution is 2.40. The third kappa shape index (κ3) is 6.28. The monoisotopic (exact) mass is 650 g/mol. The Morgan fingerprint density at radius 3 is 2.36 bits per heavy atom. The van der Waals surface area contributed by atoms with Crippen LogP contribution in [0.15, 0.2) is 42.5 Å². The number of amides is 1. The molecule has 0 unspecified atom stereocenters. The Labute approximate surface area is 270 Å². The van der Waals surface area contributed by atoms with Gasteiger partial charge in [0.25, 0.3) is 5.91 Å². The molecule has 0 aliphatic heterocycles. The quantitative estimate of drug-likeness (QED) is 0.123. The van der Waals surface area contributed by atoms with E-state index in [-0.39, 0.29) is 11.3 Å². The predicted octanol–water partition coefficient (Wildman–Crippen LogP) is 8.30. The van der Waals surface area contributed by atoms with Crippen LogP contribution in [0.5, 0.6) is 5.75 Å². The van der Waals surface area contributed by atoms with E-state index in [1.54, 1.807) is 4.68 Å². The normalized spacial score (nSPS) is 11.2. The summed E-state index contributed by atoms with van der Waals surface area (Å²) >= 11 is 13.1. The summed E-state index contributed by atoms with van der Waals surface area (Å²) in [5.41, 5.74) is 6.94. The minimum absolute atomic E-state index is 0.184. The number of H-pyrrole nitrogens is 1. The van der Waals surface area contributed by atoms with Gasteiger partial charge >= 0.3 is 5.97 Å². The Hall–Kier alpha value is -4.34. The molecule has 0 spiro atoms. The number of ether oxygens (including phenoxy) is 2. The summed E-state index contributed by atoms with van der Waals surface area (Å²) in [4.78, 5) is 28.9. The Morgan fingerprint density at radius 2 is 1.73 bits per heavy atom. The number of nitrogens with one attached hydrogen (secondary N) is 2. The molecule has 3 aromatic carbocycles. The fraction of sp³-hybridized carbons (Fsp3) is 0.265. The highest BCUT2D eigenvalue weighted by molar-refractivity contribution is 6.35. The third-order valence-corrected chi connectivity index (χ3v) is 8.81. The standard InChI is InChI=1S/C34H33Cl2FN4O4/c1-17-14-22(15-18(2)30(17)36)45-13-7-8-23-24-11-12-26(35)29(28-19(3)40-41(5)20(28)4)31(24)39-32(23)33(42)38-21-9-10-25(27(37)16-21)34(43)44-6/h9-12,14-16,39H,7-8,13H2,1-6H3,(H,38,42). The zero-order valence-corrected chi connectivity index (χ0v) is 27.3. The maximum atomic E-state index is 14.7. The number of rotatable bonds is 9. The van der Waals surface area contributed by atoms with Gasteiger partial charge in [0.15, 0.2) is 0 Å². The fourth-order valence-corrected chi connectivity index (χ4v) is 5.98. The number of anilines is 1. The van der Waals surface area contributed by atoms with E-state index in [2.05, 4.69) is 20.1 Å². The van der Waals surface area contributed by atoms with Crippen LogP contribution < -0.4 is 10.1 Å². The van der Waals surface area contributed by atoms with Crippen LogP contribution in [-0.2, 0) is 18.2 Å². The Balaban J connectivity index is 1.52. The fourth-order valence-electron chi connectivity index (χ4n) is 5.62. The summed E-state index contributed by atoms with van der Waals surface area (Å²) in [5, 5.41) is 9.38. The second-order valence-electron chi connectivity index (χ2n) is 11.0. The maximum Gasteiger partial charge on any atom is 0.340 e. The van der Waals surface area contributed by atoms with Crippen LogP contribution in [0.2, 0.25) is 10.0 Å². The molecule has 11 heteroatoms. The van der Waals surface area contributed by atoms with Gasteiger partial charge in [0.05, 0.1) is 35.5 Å². The molecule has 0 radical (unpaired) electrons. The van der Waals surface area contributed by atoms with Crippen LogP contribution in [0.3, 0.4) is 0 Å². The molecule has 0 bridgehead atoms. The number of esters is 1. The lowest BCUT2D eigenvalue weighted by Gasteiger charge is -2.11. The van der Waals surface area contributed by atoms with E-state index >= 15 is 0 Å². The van der Waals surface area contributed by atoms with E-state index in [9.17, 15) is 14.0 Å². The summed E-state index contributed by atoms with van der Waals surface area (Å²) in [6, 6.07) is 11.3. The lowest BCUT2D eigenvalue weighted by Crippen LogP contribution is -2.15. The van der Waals surface area contributed by atoms with E-state index in [1.165, 1.54) is 19.2 Å². The molecule has 8 nitrogen and oxygen atoms in total. The summed E-state index contributed by atoms with van der Waals surface area (Å²) in [5.74, 6) is -1.36. The van der Waals surface area contributed by atoms with Crippen LogP contribution in [0.25, 0.3) is 22.0 Å². The molecule has 0 atom stereocenters. The van der Waals surface area contributed by atoms with Gasteiger partial charge in [-0.1, -0.05) is 29.3 Å². The third-order valence-electron chi connectivity index (χ3n) is 7.90. The van der Waals surface area contributed by atoms with Crippen molar-refractivity contribution in [2.75, 3.05) is 19.0 Å². The van der Waals surface area contributed by atoms with Crippen molar-refractivity contribution in [1.82, 2.24) is 14.8 Å². The SMILES string of the molecule is COC(=O)c1ccc(NC(=O)c2[nH]c3c(-c4c(C)nn(C)c4C)c(Cl)ccc3c2CCCOc2cc(C)c(Cl)c(C)c2)cc1F. The van der Waals surface area contributed by atoms with Gasteiger partial charge in [-0.3, -0.25) is 9.48 Å². The topological polar surface area (TPSA) is 98.2 Å². The number of halogens is 3. The zero-order chi connectivity index (χ0) is 32.6. The molecule has 0 aliphatic carbocycles. The van der Waals surface area contributed by atoms with E-state index < -0.39 is 17.7 Å². The number of nitrogens with zero attached hydrogens (tertiary/aromatic N) is 2. The Morgan fingerprint density at radius 1 is 1.02 bits per heavy atom. The van der Waals surface area contributed by atoms with Crippen LogP contribution >= 0.6 is 23.2 Å². The molecule has 0 fully saturated rings. The van der Waals surface area contributed by atoms with Gasteiger partial charge in [0.1, 0.15) is 17.3 Å². The lowest BCUT2D eigenvalue weighted by atomic mass is 9.98. The van der Waals surface area contributed by atoms with Crippen molar-refractivity contribution in [3.05, 3.63) is 97.7 Å². The van der Waals surface area contributed by atoms with Crippen molar-refractivity contribution < 1.29 is 23.5 Å². The van der Waals surface area contributed by atoms with Crippen LogP contribution in [0, 0.1) is 33.5 Å². The van der Waals surface area contributed by atoms with E-state index in [0.29, 0.717) is 40.7 Å². The van der Waals surface area contributed by atoms with Crippen LogP contribution in [0.1, 0.15) is 55.3 Å². The average Bonchev–Trinajstić information content (AvgIpc) is 3.49. The van der Waals surface area contributed by atoms with Gasteiger partial charge in [0, 0.05) is 40.0 Å². The average molecular weight is 652 g/mol. The number of methoxy groups -OCH3 is 1. The first-order valence-electron chi connectivity index (χ1n) is 14.3. The molecule has 2 N–H and O–H groups in total. The molecule has 5 aromatic rings. The number of aryl methyl sites for hydroxylation is 5. The van der Waals surface area contributed by atoms with E-state index in [4.69, 9.17) is 27.9 Å². The number of fused-ring (bicyclic) bond motifs is 1. The Kier molecular flexibility index (Phi) is 9.23. The number of carbonyl (C=O) groups excluding carboxylic acids is 2. The minimum Gasteiger partial charge on any atom is -0.494 e. The number of benzene rings is 3. The van der Waals surface area contributed by atoms with Gasteiger partial charge in [-0.25, -0.2) is 9.18 Å². The summed E-state index contributed by atoms with van der Waals surface area (Å²) in [7, 11) is 3.04. The van der Waals surface area contributed by atoms with Gasteiger partial charge in [-0.05, 0) is 93.6 Å². The molecule has 234 valence electrons. The van der Waals surface area contributed by atoms with Gasteiger partial charge in [0.2, 0.25) is 0 Å². The zero-order valence-electron chi connectivity index (χ0n) is 25.8. The minimum atomic E-state index is -0.807. The van der Waals surface area contributed by atoms with Gasteiger partial charge < -0.3 is 19.8 Å². The summed E-state index contributed by atoms with van der Waals surface area (Å²) < 4.78 is 27.1. The Bertz CT molecular complexity index is 1940. The largest absolute Gasteiger partial charge is 0.494 e. The van der Waals surface area contributed by atoms with Crippen molar-refractivity contribution >= 4 is 51.7 Å². The molecular weight excluding hydrogens is 618 g/mol. The van der Waals surface area contributed by atoms with Gasteiger partial charge in [-0.2, -0.15) is 5.10 Å². The molecule has 1 amide bonds. The number of aromatic nitrogens is 3. The van der Waals surface area contributed by atoms with Crippen molar-refractivity contribution in [1.29, 1.82) is 0 Å². The molecule has 0 aliphatic rings. The summed E-state index contributed by atoms with van der Waals surface area (Å²) in [6.07, 6.45) is 1.09. The van der Waals surface area contributed by atoms with Crippen molar-refractivity contribution in [3.8, 4) is 16.9 Å².